The third kappa shape index (κ3) is 4.13. The molecule has 2 aliphatic rings. The van der Waals surface area contributed by atoms with Crippen molar-refractivity contribution in [1.82, 2.24) is 5.32 Å². The van der Waals surface area contributed by atoms with Gasteiger partial charge in [-0.05, 0) is 37.6 Å². The maximum Gasteiger partial charge on any atom is 0.220 e. The van der Waals surface area contributed by atoms with Crippen LogP contribution in [-0.2, 0) is 4.79 Å². The summed E-state index contributed by atoms with van der Waals surface area (Å²) in [5.74, 6) is 0.240. The molecule has 2 fully saturated rings. The molecule has 18 heavy (non-hydrogen) atoms. The number of hydrogen-bond donors (Lipinski definition) is 2. The molecule has 0 radical (unpaired) electrons. The molecular formula is C14H27ClN2O. The molecule has 1 amide bonds. The summed E-state index contributed by atoms with van der Waals surface area (Å²) in [6.45, 7) is 0.672. The molecular weight excluding hydrogens is 248 g/mol. The smallest absolute Gasteiger partial charge is 0.220 e. The van der Waals surface area contributed by atoms with Crippen LogP contribution in [0, 0.1) is 5.41 Å². The van der Waals surface area contributed by atoms with E-state index in [9.17, 15) is 4.79 Å². The zero-order valence-corrected chi connectivity index (χ0v) is 12.1. The molecule has 0 aromatic heterocycles. The van der Waals surface area contributed by atoms with Gasteiger partial charge < -0.3 is 11.1 Å². The van der Waals surface area contributed by atoms with E-state index in [-0.39, 0.29) is 23.7 Å². The van der Waals surface area contributed by atoms with Crippen LogP contribution < -0.4 is 11.1 Å². The molecule has 106 valence electrons. The van der Waals surface area contributed by atoms with Crippen LogP contribution in [0.4, 0.5) is 0 Å². The number of nitrogens with one attached hydrogen (secondary N) is 1. The maximum atomic E-state index is 12.1. The minimum Gasteiger partial charge on any atom is -0.353 e. The van der Waals surface area contributed by atoms with Gasteiger partial charge in [0.25, 0.3) is 0 Å². The third-order valence-corrected chi connectivity index (χ3v) is 4.60. The van der Waals surface area contributed by atoms with Crippen molar-refractivity contribution in [2.75, 3.05) is 6.54 Å². The molecule has 4 heteroatoms. The fraction of sp³-hybridized carbons (Fsp3) is 0.929. The van der Waals surface area contributed by atoms with Crippen molar-refractivity contribution in [1.29, 1.82) is 0 Å². The zero-order valence-electron chi connectivity index (χ0n) is 11.2. The molecule has 0 spiro atoms. The molecule has 0 saturated heterocycles. The molecule has 2 saturated carbocycles. The first-order chi connectivity index (χ1) is 8.24. The molecule has 0 aromatic rings. The Kier molecular flexibility index (Phi) is 6.44. The maximum absolute atomic E-state index is 12.1. The molecule has 0 unspecified atom stereocenters. The summed E-state index contributed by atoms with van der Waals surface area (Å²) >= 11 is 0. The Labute approximate surface area is 117 Å². The lowest BCUT2D eigenvalue weighted by Gasteiger charge is -2.36. The van der Waals surface area contributed by atoms with E-state index in [4.69, 9.17) is 5.73 Å². The van der Waals surface area contributed by atoms with E-state index in [0.717, 1.165) is 12.8 Å². The van der Waals surface area contributed by atoms with Crippen molar-refractivity contribution in [2.45, 2.75) is 70.3 Å². The second-order valence-electron chi connectivity index (χ2n) is 5.99. The van der Waals surface area contributed by atoms with E-state index in [1.165, 1.54) is 44.9 Å². The molecule has 3 nitrogen and oxygen atoms in total. The Bertz CT molecular complexity index is 259. The van der Waals surface area contributed by atoms with Crippen LogP contribution >= 0.6 is 12.4 Å². The van der Waals surface area contributed by atoms with Gasteiger partial charge in [-0.3, -0.25) is 4.79 Å². The third-order valence-electron chi connectivity index (χ3n) is 4.60. The largest absolute Gasteiger partial charge is 0.353 e. The number of nitrogens with two attached hydrogens (primary N) is 1. The summed E-state index contributed by atoms with van der Waals surface area (Å²) in [5.41, 5.74) is 6.03. The first-order valence-corrected chi connectivity index (χ1v) is 7.24. The van der Waals surface area contributed by atoms with Gasteiger partial charge in [-0.15, -0.1) is 12.4 Å². The van der Waals surface area contributed by atoms with Crippen molar-refractivity contribution in [3.63, 3.8) is 0 Å². The number of halogens is 1. The lowest BCUT2D eigenvalue weighted by atomic mass is 9.71. The summed E-state index contributed by atoms with van der Waals surface area (Å²) < 4.78 is 0. The second kappa shape index (κ2) is 7.34. The normalized spacial score (nSPS) is 23.4. The Hall–Kier alpha value is -0.280. The van der Waals surface area contributed by atoms with E-state index >= 15 is 0 Å². The minimum atomic E-state index is 0. The Morgan fingerprint density at radius 1 is 1.11 bits per heavy atom. The van der Waals surface area contributed by atoms with Gasteiger partial charge in [-0.25, -0.2) is 0 Å². The quantitative estimate of drug-likeness (QED) is 0.828. The number of carbonyl (C=O) groups excluding carboxylic acids is 1. The van der Waals surface area contributed by atoms with Gasteiger partial charge in [0.15, 0.2) is 0 Å². The lowest BCUT2D eigenvalue weighted by Crippen LogP contribution is -2.41. The topological polar surface area (TPSA) is 55.1 Å². The Morgan fingerprint density at radius 2 is 1.72 bits per heavy atom. The van der Waals surface area contributed by atoms with Crippen molar-refractivity contribution in [2.24, 2.45) is 11.1 Å². The van der Waals surface area contributed by atoms with E-state index in [1.807, 2.05) is 0 Å². The monoisotopic (exact) mass is 274 g/mol. The van der Waals surface area contributed by atoms with Gasteiger partial charge >= 0.3 is 0 Å². The zero-order chi connectivity index (χ0) is 12.1. The summed E-state index contributed by atoms with van der Waals surface area (Å²) in [4.78, 5) is 12.1. The number of hydrogen-bond acceptors (Lipinski definition) is 2. The van der Waals surface area contributed by atoms with Gasteiger partial charge in [-0.2, -0.15) is 0 Å². The highest BCUT2D eigenvalue weighted by Crippen LogP contribution is 2.38. The summed E-state index contributed by atoms with van der Waals surface area (Å²) in [7, 11) is 0. The molecule has 0 atom stereocenters. The molecule has 0 aromatic carbocycles. The molecule has 0 heterocycles. The van der Waals surface area contributed by atoms with Crippen molar-refractivity contribution in [3.8, 4) is 0 Å². The second-order valence-corrected chi connectivity index (χ2v) is 5.99. The van der Waals surface area contributed by atoms with Crippen LogP contribution in [0.15, 0.2) is 0 Å². The molecule has 3 N–H and O–H groups in total. The van der Waals surface area contributed by atoms with E-state index in [1.54, 1.807) is 0 Å². The molecule has 2 rings (SSSR count). The Morgan fingerprint density at radius 3 is 2.28 bits per heavy atom. The van der Waals surface area contributed by atoms with Gasteiger partial charge in [0, 0.05) is 12.5 Å². The van der Waals surface area contributed by atoms with Gasteiger partial charge in [0.05, 0.1) is 0 Å². The summed E-state index contributed by atoms with van der Waals surface area (Å²) in [5, 5.41) is 3.19. The van der Waals surface area contributed by atoms with Crippen molar-refractivity contribution >= 4 is 18.3 Å². The summed E-state index contributed by atoms with van der Waals surface area (Å²) in [6, 6.07) is 0.445. The average molecular weight is 275 g/mol. The standard InChI is InChI=1S/C14H26N2O.ClH/c15-11-14(8-4-1-5-9-14)10-13(17)16-12-6-2-3-7-12;/h12H,1-11,15H2,(H,16,17);1H. The van der Waals surface area contributed by atoms with Gasteiger partial charge in [-0.1, -0.05) is 32.1 Å². The van der Waals surface area contributed by atoms with E-state index < -0.39 is 0 Å². The predicted molar refractivity (Wildman–Crippen MR) is 76.8 cm³/mol. The number of carbonyl (C=O) groups is 1. The van der Waals surface area contributed by atoms with Crippen LogP contribution in [0.25, 0.3) is 0 Å². The predicted octanol–water partition coefficient (Wildman–Crippen LogP) is 2.77. The SMILES string of the molecule is Cl.NCC1(CC(=O)NC2CCCC2)CCCCC1. The summed E-state index contributed by atoms with van der Waals surface area (Å²) in [6.07, 6.45) is 11.6. The van der Waals surface area contributed by atoms with Gasteiger partial charge in [0.1, 0.15) is 0 Å². The molecule has 0 aliphatic heterocycles. The highest BCUT2D eigenvalue weighted by atomic mass is 35.5. The van der Waals surface area contributed by atoms with Crippen LogP contribution in [0.1, 0.15) is 64.2 Å². The lowest BCUT2D eigenvalue weighted by molar-refractivity contribution is -0.124. The van der Waals surface area contributed by atoms with Crippen molar-refractivity contribution < 1.29 is 4.79 Å². The Balaban J connectivity index is 0.00000162. The fourth-order valence-corrected chi connectivity index (χ4v) is 3.44. The van der Waals surface area contributed by atoms with Crippen LogP contribution in [0.3, 0.4) is 0 Å². The molecule has 0 bridgehead atoms. The fourth-order valence-electron chi connectivity index (χ4n) is 3.44. The van der Waals surface area contributed by atoms with Crippen molar-refractivity contribution in [3.05, 3.63) is 0 Å². The van der Waals surface area contributed by atoms with Crippen LogP contribution in [-0.4, -0.2) is 18.5 Å². The van der Waals surface area contributed by atoms with E-state index in [2.05, 4.69) is 5.32 Å². The minimum absolute atomic E-state index is 0. The average Bonchev–Trinajstić information content (AvgIpc) is 2.83. The highest BCUT2D eigenvalue weighted by Gasteiger charge is 2.33. The van der Waals surface area contributed by atoms with Crippen LogP contribution in [0.2, 0.25) is 0 Å². The molecule has 2 aliphatic carbocycles. The van der Waals surface area contributed by atoms with Crippen LogP contribution in [0.5, 0.6) is 0 Å². The van der Waals surface area contributed by atoms with E-state index in [0.29, 0.717) is 19.0 Å². The van der Waals surface area contributed by atoms with Gasteiger partial charge in [0.2, 0.25) is 5.91 Å². The number of rotatable bonds is 4. The first-order valence-electron chi connectivity index (χ1n) is 7.24. The highest BCUT2D eigenvalue weighted by molar-refractivity contribution is 5.85. The first kappa shape index (κ1) is 15.8. The number of amides is 1.